The van der Waals surface area contributed by atoms with Crippen molar-refractivity contribution in [2.24, 2.45) is 0 Å². The average molecular weight is 150 g/mol. The van der Waals surface area contributed by atoms with Crippen LogP contribution >= 0.6 is 0 Å². The molecular formula is C6H7BN2O2. The molecule has 11 heavy (non-hydrogen) atoms. The third kappa shape index (κ3) is 1.76. The van der Waals surface area contributed by atoms with Crippen molar-refractivity contribution in [2.75, 3.05) is 7.11 Å². The van der Waals surface area contributed by atoms with Crippen LogP contribution in [0.15, 0.2) is 12.4 Å². The van der Waals surface area contributed by atoms with Gasteiger partial charge in [0.15, 0.2) is 13.5 Å². The fourth-order valence-corrected chi connectivity index (χ4v) is 0.603. The van der Waals surface area contributed by atoms with Crippen molar-refractivity contribution in [3.8, 4) is 0 Å². The standard InChI is InChI=1S/C6H7BN2O2/c1-11-6(10)4-2-9-5(7)3-8-4/h2-3H,7H2,1H3. The highest BCUT2D eigenvalue weighted by atomic mass is 16.5. The number of esters is 1. The van der Waals surface area contributed by atoms with E-state index in [1.54, 1.807) is 7.85 Å². The van der Waals surface area contributed by atoms with Crippen LogP contribution in [0.25, 0.3) is 0 Å². The molecule has 0 aliphatic rings. The van der Waals surface area contributed by atoms with Crippen LogP contribution in [0.4, 0.5) is 0 Å². The summed E-state index contributed by atoms with van der Waals surface area (Å²) in [5.41, 5.74) is 1.01. The molecule has 0 radical (unpaired) electrons. The summed E-state index contributed by atoms with van der Waals surface area (Å²) in [5.74, 6) is -0.461. The van der Waals surface area contributed by atoms with E-state index in [-0.39, 0.29) is 5.69 Å². The molecule has 0 unspecified atom stereocenters. The molecule has 1 aromatic heterocycles. The van der Waals surface area contributed by atoms with Crippen molar-refractivity contribution in [1.29, 1.82) is 0 Å². The summed E-state index contributed by atoms with van der Waals surface area (Å²) in [7, 11) is 3.11. The molecule has 1 heterocycles. The van der Waals surface area contributed by atoms with E-state index in [4.69, 9.17) is 0 Å². The minimum absolute atomic E-state index is 0.234. The molecule has 0 aromatic carbocycles. The fraction of sp³-hybridized carbons (Fsp3) is 0.167. The van der Waals surface area contributed by atoms with E-state index in [9.17, 15) is 4.79 Å². The highest BCUT2D eigenvalue weighted by Gasteiger charge is 2.05. The quantitative estimate of drug-likeness (QED) is 0.362. The Labute approximate surface area is 65.0 Å². The summed E-state index contributed by atoms with van der Waals surface area (Å²) in [6, 6.07) is 0. The molecule has 1 rings (SSSR count). The summed E-state index contributed by atoms with van der Waals surface area (Å²) in [4.78, 5) is 18.5. The Hall–Kier alpha value is -1.39. The number of ether oxygens (including phenoxy) is 1. The van der Waals surface area contributed by atoms with E-state index in [0.717, 1.165) is 5.59 Å². The van der Waals surface area contributed by atoms with Crippen LogP contribution in [0.2, 0.25) is 0 Å². The lowest BCUT2D eigenvalue weighted by Crippen LogP contribution is -2.13. The number of carbonyl (C=O) groups is 1. The van der Waals surface area contributed by atoms with Gasteiger partial charge in [-0.2, -0.15) is 0 Å². The van der Waals surface area contributed by atoms with Crippen LogP contribution in [0.1, 0.15) is 10.5 Å². The van der Waals surface area contributed by atoms with Gasteiger partial charge in [0.2, 0.25) is 0 Å². The van der Waals surface area contributed by atoms with Crippen LogP contribution in [0.5, 0.6) is 0 Å². The van der Waals surface area contributed by atoms with Crippen molar-refractivity contribution in [3.63, 3.8) is 0 Å². The average Bonchev–Trinajstić information content (AvgIpc) is 2.05. The Balaban J connectivity index is 2.90. The Morgan fingerprint density at radius 2 is 2.27 bits per heavy atom. The molecule has 0 aliphatic heterocycles. The van der Waals surface area contributed by atoms with Crippen molar-refractivity contribution >= 4 is 19.4 Å². The first kappa shape index (κ1) is 7.72. The lowest BCUT2D eigenvalue weighted by Gasteiger charge is -1.96. The molecule has 0 bridgehead atoms. The molecule has 0 saturated carbocycles. The minimum atomic E-state index is -0.461. The van der Waals surface area contributed by atoms with Crippen molar-refractivity contribution in [3.05, 3.63) is 18.1 Å². The molecule has 56 valence electrons. The Morgan fingerprint density at radius 3 is 2.73 bits per heavy atom. The topological polar surface area (TPSA) is 52.1 Å². The van der Waals surface area contributed by atoms with Gasteiger partial charge < -0.3 is 4.74 Å². The molecule has 0 aliphatic carbocycles. The van der Waals surface area contributed by atoms with Gasteiger partial charge in [-0.1, -0.05) is 0 Å². The lowest BCUT2D eigenvalue weighted by atomic mass is 10.1. The second kappa shape index (κ2) is 3.14. The van der Waals surface area contributed by atoms with Gasteiger partial charge in [-0.05, 0) is 0 Å². The Kier molecular flexibility index (Phi) is 2.20. The molecule has 0 amide bonds. The van der Waals surface area contributed by atoms with E-state index >= 15 is 0 Å². The maximum absolute atomic E-state index is 10.8. The zero-order valence-corrected chi connectivity index (χ0v) is 6.37. The van der Waals surface area contributed by atoms with Crippen LogP contribution < -0.4 is 5.59 Å². The van der Waals surface area contributed by atoms with Gasteiger partial charge in [0.25, 0.3) is 0 Å². The number of carbonyl (C=O) groups excluding carboxylic acids is 1. The highest BCUT2D eigenvalue weighted by molar-refractivity contribution is 6.30. The molecular weight excluding hydrogens is 143 g/mol. The van der Waals surface area contributed by atoms with E-state index in [1.165, 1.54) is 19.5 Å². The van der Waals surface area contributed by atoms with Gasteiger partial charge in [0, 0.05) is 11.8 Å². The maximum atomic E-state index is 10.8. The summed E-state index contributed by atoms with van der Waals surface area (Å²) >= 11 is 0. The summed E-state index contributed by atoms with van der Waals surface area (Å²) < 4.78 is 4.43. The molecule has 5 heteroatoms. The summed E-state index contributed by atoms with van der Waals surface area (Å²) in [5, 5.41) is 0. The van der Waals surface area contributed by atoms with Crippen LogP contribution in [-0.2, 0) is 4.74 Å². The first-order chi connectivity index (χ1) is 5.24. The SMILES string of the molecule is Bc1cnc(C(=O)OC)cn1. The highest BCUT2D eigenvalue weighted by Crippen LogP contribution is 1.90. The predicted octanol–water partition coefficient (Wildman–Crippen LogP) is -1.48. The third-order valence-corrected chi connectivity index (χ3v) is 1.18. The zero-order chi connectivity index (χ0) is 8.27. The Bertz CT molecular complexity index is 260. The predicted molar refractivity (Wildman–Crippen MR) is 41.5 cm³/mol. The smallest absolute Gasteiger partial charge is 0.358 e. The van der Waals surface area contributed by atoms with Gasteiger partial charge in [0.05, 0.1) is 13.3 Å². The number of nitrogens with zero attached hydrogens (tertiary/aromatic N) is 2. The monoisotopic (exact) mass is 150 g/mol. The molecule has 0 spiro atoms. The molecule has 0 N–H and O–H groups in total. The maximum Gasteiger partial charge on any atom is 0.358 e. The summed E-state index contributed by atoms with van der Waals surface area (Å²) in [6.45, 7) is 0. The largest absolute Gasteiger partial charge is 0.464 e. The first-order valence-electron chi connectivity index (χ1n) is 3.11. The second-order valence-electron chi connectivity index (χ2n) is 2.03. The number of hydrogen-bond donors (Lipinski definition) is 0. The van der Waals surface area contributed by atoms with Gasteiger partial charge >= 0.3 is 5.97 Å². The Morgan fingerprint density at radius 1 is 1.55 bits per heavy atom. The van der Waals surface area contributed by atoms with Crippen LogP contribution in [-0.4, -0.2) is 30.9 Å². The van der Waals surface area contributed by atoms with Gasteiger partial charge in [0.1, 0.15) is 0 Å². The van der Waals surface area contributed by atoms with E-state index in [2.05, 4.69) is 14.7 Å². The summed E-state index contributed by atoms with van der Waals surface area (Å²) in [6.07, 6.45) is 2.91. The normalized spacial score (nSPS) is 9.18. The van der Waals surface area contributed by atoms with Crippen molar-refractivity contribution in [2.45, 2.75) is 0 Å². The van der Waals surface area contributed by atoms with E-state index in [1.807, 2.05) is 0 Å². The van der Waals surface area contributed by atoms with E-state index in [0.29, 0.717) is 0 Å². The molecule has 0 fully saturated rings. The van der Waals surface area contributed by atoms with Gasteiger partial charge in [-0.25, -0.2) is 9.78 Å². The number of aromatic nitrogens is 2. The van der Waals surface area contributed by atoms with Gasteiger partial charge in [-0.3, -0.25) is 4.98 Å². The van der Waals surface area contributed by atoms with E-state index < -0.39 is 5.97 Å². The van der Waals surface area contributed by atoms with Crippen molar-refractivity contribution in [1.82, 2.24) is 9.97 Å². The molecule has 4 nitrogen and oxygen atoms in total. The molecule has 1 aromatic rings. The second-order valence-corrected chi connectivity index (χ2v) is 2.03. The number of methoxy groups -OCH3 is 1. The van der Waals surface area contributed by atoms with Crippen LogP contribution in [0, 0.1) is 0 Å². The third-order valence-electron chi connectivity index (χ3n) is 1.18. The minimum Gasteiger partial charge on any atom is -0.464 e. The molecule has 0 atom stereocenters. The number of rotatable bonds is 1. The van der Waals surface area contributed by atoms with Crippen LogP contribution in [0.3, 0.4) is 0 Å². The lowest BCUT2D eigenvalue weighted by molar-refractivity contribution is 0.0593. The fourth-order valence-electron chi connectivity index (χ4n) is 0.603. The van der Waals surface area contributed by atoms with Crippen molar-refractivity contribution < 1.29 is 9.53 Å². The zero-order valence-electron chi connectivity index (χ0n) is 6.37. The van der Waals surface area contributed by atoms with Gasteiger partial charge in [-0.15, -0.1) is 0 Å². The first-order valence-corrected chi connectivity index (χ1v) is 3.11. The number of hydrogen-bond acceptors (Lipinski definition) is 4. The molecule has 0 saturated heterocycles.